The molecule has 0 fully saturated rings. The largest absolute Gasteiger partial charge is 0.508 e. The van der Waals surface area contributed by atoms with Gasteiger partial charge in [-0.25, -0.2) is 49.7 Å². The normalized spacial score (nSPS) is 10.6. The van der Waals surface area contributed by atoms with Gasteiger partial charge in [0.1, 0.15) is 25.6 Å². The lowest BCUT2D eigenvalue weighted by molar-refractivity contribution is 0.0745. The SMILES string of the molecule is CCN(CC)CCC#Cc1nc(-c2ccc(Cl)cc2)c(-c2ccncn2)n1CCc1ccccc1.COC(=O)OCCC#Cc1nc(-c2ccc(Cl)cc2)c(-c2ccncn2)n1CCc1ccccc1.ClCCC#Cc1nc(-c2ccc(Cl)cc2)c(-c2ccncn2)n1CCc1ccccc1. The molecule has 0 aliphatic heterocycles. The van der Waals surface area contributed by atoms with Gasteiger partial charge in [-0.1, -0.05) is 194 Å². The topological polar surface area (TPSA) is 170 Å². The number of halogens is 4. The number of hydrogen-bond acceptors (Lipinski definition) is 13. The maximum Gasteiger partial charge on any atom is 0.508 e. The molecule has 0 saturated carbocycles. The highest BCUT2D eigenvalue weighted by Crippen LogP contribution is 2.36. The highest BCUT2D eigenvalue weighted by Gasteiger charge is 2.24. The highest BCUT2D eigenvalue weighted by atomic mass is 35.5. The molecule has 0 radical (unpaired) electrons. The standard InChI is InChI=1S/C29H30ClN5.C27H23ClN4O3.C25H20Cl2N4/c1-3-34(4-2)20-9-8-12-27-33-28(24-13-15-25(30)16-14-24)29(26-17-19-31-22-32-26)35(27)21-18-23-10-6-5-7-11-23;1-34-27(33)35-18-6-5-9-24-31-25(21-10-12-22(28)13-11-21)26(23-14-16-29-19-30-23)32(24)17-15-20-7-3-2-4-8-20;26-15-5-4-8-23-30-24(20-9-11-21(27)12-10-20)25(22-13-16-28-18-29-22)31(23)17-14-19-6-2-1-3-7-19/h5-7,10-11,13-17,19,22H,3-4,9,18,20-21H2,1-2H3;2-4,7-8,10-14,16,19H,6,15,17-18H2,1H3;1-3,6-7,9-13,16,18H,5,14-15,17H2. The van der Waals surface area contributed by atoms with E-state index in [4.69, 9.17) is 66.1 Å². The van der Waals surface area contributed by atoms with Crippen LogP contribution in [0.15, 0.2) is 220 Å². The van der Waals surface area contributed by atoms with Crippen LogP contribution < -0.4 is 0 Å². The molecule has 0 saturated heterocycles. The van der Waals surface area contributed by atoms with Crippen molar-refractivity contribution >= 4 is 52.6 Å². The van der Waals surface area contributed by atoms with Gasteiger partial charge in [-0.2, -0.15) is 0 Å². The van der Waals surface area contributed by atoms with Crippen molar-refractivity contribution in [2.24, 2.45) is 0 Å². The van der Waals surface area contributed by atoms with Gasteiger partial charge in [-0.05, 0) is 121 Å². The Hall–Kier alpha value is -10.7. The van der Waals surface area contributed by atoms with Crippen LogP contribution >= 0.6 is 46.4 Å². The molecular formula is C81H73Cl4N13O3. The van der Waals surface area contributed by atoms with E-state index in [0.717, 1.165) is 132 Å². The number of alkyl halides is 1. The van der Waals surface area contributed by atoms with Crippen molar-refractivity contribution in [1.29, 1.82) is 0 Å². The van der Waals surface area contributed by atoms with Gasteiger partial charge in [0.25, 0.3) is 0 Å². The van der Waals surface area contributed by atoms with Crippen molar-refractivity contribution < 1.29 is 14.3 Å². The molecule has 16 nitrogen and oxygen atoms in total. The monoisotopic (exact) mass is 1420 g/mol. The average Bonchev–Trinajstić information content (AvgIpc) is 1.65. The first-order valence-electron chi connectivity index (χ1n) is 33.1. The summed E-state index contributed by atoms with van der Waals surface area (Å²) in [5, 5.41) is 2.02. The second-order valence-corrected chi connectivity index (χ2v) is 24.2. The van der Waals surface area contributed by atoms with E-state index < -0.39 is 6.16 Å². The van der Waals surface area contributed by atoms with Gasteiger partial charge in [-0.3, -0.25) is 0 Å². The second-order valence-electron chi connectivity index (χ2n) is 22.5. The number of rotatable bonds is 22. The Morgan fingerprint density at radius 2 is 0.782 bits per heavy atom. The van der Waals surface area contributed by atoms with Crippen LogP contribution in [0.1, 0.15) is 67.3 Å². The predicted octanol–water partition coefficient (Wildman–Crippen LogP) is 17.3. The van der Waals surface area contributed by atoms with Gasteiger partial charge in [-0.15, -0.1) is 11.6 Å². The maximum absolute atomic E-state index is 11.2. The number of carbonyl (C=O) groups excluding carboxylic acids is 1. The minimum absolute atomic E-state index is 0.132. The van der Waals surface area contributed by atoms with Gasteiger partial charge in [0.05, 0.1) is 58.4 Å². The second kappa shape index (κ2) is 38.6. The van der Waals surface area contributed by atoms with Gasteiger partial charge in [0, 0.05) is 102 Å². The van der Waals surface area contributed by atoms with Crippen molar-refractivity contribution in [1.82, 2.24) is 63.5 Å². The number of benzene rings is 6. The van der Waals surface area contributed by atoms with Crippen molar-refractivity contribution in [3.05, 3.63) is 269 Å². The van der Waals surface area contributed by atoms with Gasteiger partial charge < -0.3 is 28.1 Å². The van der Waals surface area contributed by atoms with Crippen LogP contribution in [-0.4, -0.2) is 109 Å². The molecule has 12 rings (SSSR count). The number of aromatic nitrogens is 12. The van der Waals surface area contributed by atoms with E-state index in [1.807, 2.05) is 121 Å². The molecule has 6 aromatic heterocycles. The van der Waals surface area contributed by atoms with Crippen LogP contribution in [0.4, 0.5) is 4.79 Å². The average molecular weight is 1420 g/mol. The number of aryl methyl sites for hydroxylation is 3. The zero-order chi connectivity index (χ0) is 70.4. The zero-order valence-electron chi connectivity index (χ0n) is 56.2. The number of nitrogens with zero attached hydrogens (tertiary/aromatic N) is 13. The Bertz CT molecular complexity index is 4760. The molecule has 508 valence electrons. The number of carbonyl (C=O) groups is 1. The fourth-order valence-electron chi connectivity index (χ4n) is 10.9. The maximum atomic E-state index is 11.2. The van der Waals surface area contributed by atoms with Gasteiger partial charge in [0.2, 0.25) is 0 Å². The lowest BCUT2D eigenvalue weighted by atomic mass is 10.1. The minimum atomic E-state index is -0.729. The third-order valence-electron chi connectivity index (χ3n) is 16.0. The molecule has 6 heterocycles. The van der Waals surface area contributed by atoms with Gasteiger partial charge >= 0.3 is 6.16 Å². The summed E-state index contributed by atoms with van der Waals surface area (Å²) in [5.74, 6) is 21.8. The summed E-state index contributed by atoms with van der Waals surface area (Å²) in [4.78, 5) is 54.2. The molecule has 101 heavy (non-hydrogen) atoms. The highest BCUT2D eigenvalue weighted by molar-refractivity contribution is 6.31. The Balaban J connectivity index is 0.000000164. The molecular weight excluding hydrogens is 1340 g/mol. The van der Waals surface area contributed by atoms with E-state index in [-0.39, 0.29) is 6.61 Å². The fourth-order valence-corrected chi connectivity index (χ4v) is 11.4. The van der Waals surface area contributed by atoms with Crippen molar-refractivity contribution in [3.63, 3.8) is 0 Å². The number of ether oxygens (including phenoxy) is 2. The summed E-state index contributed by atoms with van der Waals surface area (Å²) < 4.78 is 15.8. The molecule has 0 unspecified atom stereocenters. The molecule has 0 aliphatic rings. The Kier molecular flexibility index (Phi) is 27.9. The van der Waals surface area contributed by atoms with E-state index in [0.29, 0.717) is 52.0 Å². The van der Waals surface area contributed by atoms with Crippen LogP contribution in [0.25, 0.3) is 67.9 Å². The Morgan fingerprint density at radius 3 is 1.09 bits per heavy atom. The summed E-state index contributed by atoms with van der Waals surface area (Å²) >= 11 is 24.2. The van der Waals surface area contributed by atoms with E-state index in [2.05, 4.69) is 163 Å². The Labute approximate surface area is 609 Å². The predicted molar refractivity (Wildman–Crippen MR) is 403 cm³/mol. The van der Waals surface area contributed by atoms with E-state index in [1.54, 1.807) is 31.2 Å². The zero-order valence-corrected chi connectivity index (χ0v) is 59.3. The molecule has 0 N–H and O–H groups in total. The lowest BCUT2D eigenvalue weighted by Crippen LogP contribution is -2.23. The summed E-state index contributed by atoms with van der Waals surface area (Å²) in [7, 11) is 1.27. The van der Waals surface area contributed by atoms with Crippen LogP contribution in [0.3, 0.4) is 0 Å². The quantitative estimate of drug-likeness (QED) is 0.0272. The molecule has 20 heteroatoms. The van der Waals surface area contributed by atoms with E-state index in [9.17, 15) is 4.79 Å². The molecule has 0 aliphatic carbocycles. The number of methoxy groups -OCH3 is 1. The summed E-state index contributed by atoms with van der Waals surface area (Å²) in [6.07, 6.45) is 13.4. The molecule has 6 aromatic carbocycles. The van der Waals surface area contributed by atoms with Crippen molar-refractivity contribution in [3.8, 4) is 103 Å². The smallest absolute Gasteiger partial charge is 0.438 e. The molecule has 0 bridgehead atoms. The van der Waals surface area contributed by atoms with E-state index in [1.165, 1.54) is 30.1 Å². The first kappa shape index (κ1) is 73.0. The fraction of sp³-hybridized carbons (Fsp3) is 0.210. The molecule has 0 spiro atoms. The first-order valence-corrected chi connectivity index (χ1v) is 34.7. The molecule has 0 amide bonds. The van der Waals surface area contributed by atoms with E-state index >= 15 is 0 Å². The number of hydrogen-bond donors (Lipinski definition) is 0. The van der Waals surface area contributed by atoms with Crippen LogP contribution in [0.2, 0.25) is 15.1 Å². The van der Waals surface area contributed by atoms with Crippen LogP contribution in [-0.2, 0) is 48.4 Å². The third-order valence-corrected chi connectivity index (χ3v) is 17.0. The Morgan fingerprint density at radius 1 is 0.446 bits per heavy atom. The first-order chi connectivity index (χ1) is 49.6. The van der Waals surface area contributed by atoms with Crippen molar-refractivity contribution in [2.75, 3.05) is 39.2 Å². The minimum Gasteiger partial charge on any atom is -0.438 e. The third kappa shape index (κ3) is 20.9. The summed E-state index contributed by atoms with van der Waals surface area (Å²) in [6, 6.07) is 59.7. The summed E-state index contributed by atoms with van der Waals surface area (Å²) in [5.41, 5.74) is 14.0. The molecule has 12 aromatic rings. The van der Waals surface area contributed by atoms with Gasteiger partial charge in [0.15, 0.2) is 17.5 Å². The van der Waals surface area contributed by atoms with Crippen LogP contribution in [0.5, 0.6) is 0 Å². The molecule has 0 atom stereocenters. The summed E-state index contributed by atoms with van der Waals surface area (Å²) in [6.45, 7) is 9.61. The van der Waals surface area contributed by atoms with Crippen molar-refractivity contribution in [2.45, 2.75) is 72.0 Å². The number of imidazole rings is 3. The lowest BCUT2D eigenvalue weighted by Gasteiger charge is -2.15. The van der Waals surface area contributed by atoms with Crippen LogP contribution in [0, 0.1) is 35.5 Å².